The van der Waals surface area contributed by atoms with Gasteiger partial charge in [-0.15, -0.1) is 0 Å². The van der Waals surface area contributed by atoms with E-state index < -0.39 is 17.8 Å². The summed E-state index contributed by atoms with van der Waals surface area (Å²) in [5, 5.41) is 4.10. The number of fused-ring (bicyclic) bond motifs is 1. The molecule has 3 rings (SSSR count). The van der Waals surface area contributed by atoms with Gasteiger partial charge in [-0.05, 0) is 30.9 Å². The molecule has 0 spiro atoms. The number of urea groups is 1. The zero-order valence-corrected chi connectivity index (χ0v) is 16.5. The molecule has 29 heavy (non-hydrogen) atoms. The van der Waals surface area contributed by atoms with Gasteiger partial charge in [0.15, 0.2) is 5.76 Å². The largest absolute Gasteiger partial charge is 0.455 e. The molecule has 2 aromatic rings. The maximum absolute atomic E-state index is 12.6. The molecule has 9 heteroatoms. The first kappa shape index (κ1) is 20.1. The van der Waals surface area contributed by atoms with Crippen molar-refractivity contribution in [3.8, 4) is 0 Å². The number of hydrazine groups is 1. The molecule has 1 heterocycles. The summed E-state index contributed by atoms with van der Waals surface area (Å²) >= 11 is 0. The molecule has 152 valence electrons. The summed E-state index contributed by atoms with van der Waals surface area (Å²) in [5.41, 5.74) is 14.2. The number of carbonyl (C=O) groups excluding carboxylic acids is 3. The Morgan fingerprint density at radius 2 is 1.72 bits per heavy atom. The Kier molecular flexibility index (Phi) is 5.40. The number of nitrogens with one attached hydrogen (secondary N) is 3. The lowest BCUT2D eigenvalue weighted by Gasteiger charge is -2.29. The molecule has 0 aliphatic heterocycles. The quantitative estimate of drug-likeness (QED) is 0.588. The van der Waals surface area contributed by atoms with Crippen LogP contribution in [0.3, 0.4) is 0 Å². The Balaban J connectivity index is 1.83. The number of carbonyl (C=O) groups is 3. The van der Waals surface area contributed by atoms with Gasteiger partial charge in [0.05, 0.1) is 5.71 Å². The van der Waals surface area contributed by atoms with Crippen molar-refractivity contribution in [1.29, 1.82) is 0 Å². The highest BCUT2D eigenvalue weighted by Crippen LogP contribution is 2.38. The molecule has 0 fully saturated rings. The predicted molar refractivity (Wildman–Crippen MR) is 106 cm³/mol. The highest BCUT2D eigenvalue weighted by Gasteiger charge is 2.36. The monoisotopic (exact) mass is 397 g/mol. The smallest absolute Gasteiger partial charge is 0.332 e. The number of nitrogens with zero attached hydrogens (tertiary/aromatic N) is 1. The number of hydrogen-bond acceptors (Lipinski definition) is 5. The number of primary amides is 1. The van der Waals surface area contributed by atoms with Crippen LogP contribution in [-0.2, 0) is 6.42 Å². The van der Waals surface area contributed by atoms with E-state index in [1.54, 1.807) is 37.3 Å². The second kappa shape index (κ2) is 7.78. The van der Waals surface area contributed by atoms with E-state index in [0.717, 1.165) is 0 Å². The minimum absolute atomic E-state index is 0.0767. The summed E-state index contributed by atoms with van der Waals surface area (Å²) in [7, 11) is 0. The minimum Gasteiger partial charge on any atom is -0.455 e. The lowest BCUT2D eigenvalue weighted by molar-refractivity contribution is 0.0828. The topological polar surface area (TPSA) is 139 Å². The maximum Gasteiger partial charge on any atom is 0.332 e. The van der Waals surface area contributed by atoms with Gasteiger partial charge in [0, 0.05) is 23.1 Å². The van der Waals surface area contributed by atoms with Crippen LogP contribution in [0.5, 0.6) is 0 Å². The van der Waals surface area contributed by atoms with Crippen molar-refractivity contribution in [2.75, 3.05) is 0 Å². The number of furan rings is 1. The van der Waals surface area contributed by atoms with Crippen LogP contribution in [-0.4, -0.2) is 23.6 Å². The molecule has 0 saturated heterocycles. The third-order valence-corrected chi connectivity index (χ3v) is 4.63. The summed E-state index contributed by atoms with van der Waals surface area (Å²) in [5.74, 6) is -0.348. The first-order valence-electron chi connectivity index (χ1n) is 9.08. The third-order valence-electron chi connectivity index (χ3n) is 4.63. The first-order chi connectivity index (χ1) is 13.7. The van der Waals surface area contributed by atoms with Gasteiger partial charge in [-0.3, -0.25) is 20.4 Å². The number of benzene rings is 1. The van der Waals surface area contributed by atoms with E-state index in [0.29, 0.717) is 41.0 Å². The van der Waals surface area contributed by atoms with Crippen LogP contribution < -0.4 is 22.0 Å². The fraction of sp³-hybridized carbons (Fsp3) is 0.300. The lowest BCUT2D eigenvalue weighted by Crippen LogP contribution is -2.41. The van der Waals surface area contributed by atoms with Crippen molar-refractivity contribution in [2.45, 2.75) is 33.6 Å². The lowest BCUT2D eigenvalue weighted by atomic mass is 9.75. The SMILES string of the molecule is Cc1c(C(=O)NNC(=O)c2ccccc2)oc2c1/C(=N\NC(N)=O)CC(C)(C)C2. The van der Waals surface area contributed by atoms with Crippen molar-refractivity contribution in [1.82, 2.24) is 16.3 Å². The minimum atomic E-state index is -0.773. The molecule has 9 nitrogen and oxygen atoms in total. The number of hydrazone groups is 1. The Hall–Kier alpha value is -3.62. The summed E-state index contributed by atoms with van der Waals surface area (Å²) in [4.78, 5) is 35.8. The van der Waals surface area contributed by atoms with Crippen LogP contribution in [0.4, 0.5) is 4.79 Å². The van der Waals surface area contributed by atoms with Gasteiger partial charge in [-0.2, -0.15) is 5.10 Å². The van der Waals surface area contributed by atoms with E-state index in [2.05, 4.69) is 21.4 Å². The summed E-state index contributed by atoms with van der Waals surface area (Å²) in [6, 6.07) is 7.74. The zero-order valence-electron chi connectivity index (χ0n) is 16.5. The van der Waals surface area contributed by atoms with E-state index in [1.807, 2.05) is 13.8 Å². The van der Waals surface area contributed by atoms with Crippen LogP contribution in [0.25, 0.3) is 0 Å². The van der Waals surface area contributed by atoms with Crippen molar-refractivity contribution in [2.24, 2.45) is 16.3 Å². The van der Waals surface area contributed by atoms with E-state index in [1.165, 1.54) is 0 Å². The van der Waals surface area contributed by atoms with Crippen molar-refractivity contribution < 1.29 is 18.8 Å². The fourth-order valence-electron chi connectivity index (χ4n) is 3.38. The molecule has 0 radical (unpaired) electrons. The highest BCUT2D eigenvalue weighted by atomic mass is 16.4. The van der Waals surface area contributed by atoms with Crippen LogP contribution in [0, 0.1) is 12.3 Å². The molecule has 0 saturated carbocycles. The molecule has 4 amide bonds. The summed E-state index contributed by atoms with van der Waals surface area (Å²) < 4.78 is 5.82. The molecule has 0 bridgehead atoms. The van der Waals surface area contributed by atoms with Gasteiger partial charge in [0.1, 0.15) is 5.76 Å². The van der Waals surface area contributed by atoms with Crippen molar-refractivity contribution >= 4 is 23.6 Å². The zero-order chi connectivity index (χ0) is 21.2. The molecule has 0 atom stereocenters. The van der Waals surface area contributed by atoms with E-state index in [4.69, 9.17) is 10.2 Å². The van der Waals surface area contributed by atoms with Crippen LogP contribution >= 0.6 is 0 Å². The van der Waals surface area contributed by atoms with Gasteiger partial charge < -0.3 is 10.2 Å². The van der Waals surface area contributed by atoms with E-state index >= 15 is 0 Å². The second-order valence-corrected chi connectivity index (χ2v) is 7.68. The average Bonchev–Trinajstić information content (AvgIpc) is 2.99. The van der Waals surface area contributed by atoms with E-state index in [9.17, 15) is 14.4 Å². The van der Waals surface area contributed by atoms with Gasteiger partial charge >= 0.3 is 11.9 Å². The second-order valence-electron chi connectivity index (χ2n) is 7.68. The summed E-state index contributed by atoms with van der Waals surface area (Å²) in [6.07, 6.45) is 1.18. The standard InChI is InChI=1S/C20H23N5O4/c1-11-15-13(22-25-19(21)28)9-20(2,3)10-14(15)29-16(11)18(27)24-23-17(26)12-7-5-4-6-8-12/h4-8H,9-10H2,1-3H3,(H,23,26)(H,24,27)(H3,21,25,28)/b22-13-. The third kappa shape index (κ3) is 4.45. The van der Waals surface area contributed by atoms with Crippen LogP contribution in [0.2, 0.25) is 0 Å². The van der Waals surface area contributed by atoms with Gasteiger partial charge in [0.2, 0.25) is 0 Å². The van der Waals surface area contributed by atoms with Crippen molar-refractivity contribution in [3.05, 3.63) is 58.5 Å². The fourth-order valence-corrected chi connectivity index (χ4v) is 3.38. The van der Waals surface area contributed by atoms with Gasteiger partial charge in [-0.1, -0.05) is 32.0 Å². The molecular formula is C20H23N5O4. The Morgan fingerprint density at radius 3 is 2.38 bits per heavy atom. The number of nitrogens with two attached hydrogens (primary N) is 1. The molecule has 1 aliphatic rings. The first-order valence-corrected chi connectivity index (χ1v) is 9.08. The molecule has 5 N–H and O–H groups in total. The molecule has 1 aliphatic carbocycles. The van der Waals surface area contributed by atoms with Crippen LogP contribution in [0.15, 0.2) is 39.9 Å². The molecule has 1 aromatic heterocycles. The normalized spacial score (nSPS) is 16.0. The van der Waals surface area contributed by atoms with Crippen LogP contribution in [0.1, 0.15) is 58.1 Å². The van der Waals surface area contributed by atoms with E-state index in [-0.39, 0.29) is 11.2 Å². The Labute approximate surface area is 167 Å². The maximum atomic E-state index is 12.6. The molecule has 0 unspecified atom stereocenters. The summed E-state index contributed by atoms with van der Waals surface area (Å²) in [6.45, 7) is 5.80. The highest BCUT2D eigenvalue weighted by molar-refractivity contribution is 6.07. The Bertz CT molecular complexity index is 992. The number of rotatable bonds is 3. The Morgan fingerprint density at radius 1 is 1.07 bits per heavy atom. The van der Waals surface area contributed by atoms with Gasteiger partial charge in [-0.25, -0.2) is 10.2 Å². The number of hydrogen-bond donors (Lipinski definition) is 4. The van der Waals surface area contributed by atoms with Crippen molar-refractivity contribution in [3.63, 3.8) is 0 Å². The average molecular weight is 397 g/mol. The predicted octanol–water partition coefficient (Wildman–Crippen LogP) is 2.01. The van der Waals surface area contributed by atoms with Gasteiger partial charge in [0.25, 0.3) is 5.91 Å². The number of amides is 4. The molecule has 1 aromatic carbocycles. The molecular weight excluding hydrogens is 374 g/mol.